The van der Waals surface area contributed by atoms with Crippen molar-refractivity contribution in [2.45, 2.75) is 225 Å². The van der Waals surface area contributed by atoms with Crippen LogP contribution in [-0.2, 0) is 18.9 Å². The number of nitrogens with one attached hydrogen (secondary N) is 1. The number of likely N-dealkylation sites (N-methyl/N-ethyl adjacent to an activating group) is 1. The van der Waals surface area contributed by atoms with Gasteiger partial charge in [0.1, 0.15) is 0 Å². The molecule has 7 heteroatoms. The molecule has 7 nitrogen and oxygen atoms in total. The van der Waals surface area contributed by atoms with Gasteiger partial charge in [0.05, 0.1) is 45.2 Å². The summed E-state index contributed by atoms with van der Waals surface area (Å²) in [7, 11) is 4.41. The lowest BCUT2D eigenvalue weighted by molar-refractivity contribution is -0.0624. The molecule has 6 aliphatic rings. The predicted molar refractivity (Wildman–Crippen MR) is 274 cm³/mol. The van der Waals surface area contributed by atoms with Crippen LogP contribution in [0.1, 0.15) is 196 Å². The summed E-state index contributed by atoms with van der Waals surface area (Å²) in [6.07, 6.45) is 43.6. The lowest BCUT2D eigenvalue weighted by Gasteiger charge is -2.56. The highest BCUT2D eigenvalue weighted by molar-refractivity contribution is 5.45. The molecule has 2 heterocycles. The van der Waals surface area contributed by atoms with Gasteiger partial charge in [0.2, 0.25) is 0 Å². The van der Waals surface area contributed by atoms with Gasteiger partial charge in [-0.3, -0.25) is 4.90 Å². The summed E-state index contributed by atoms with van der Waals surface area (Å²) in [6.45, 7) is 22.2. The van der Waals surface area contributed by atoms with Gasteiger partial charge in [-0.15, -0.1) is 0 Å². The Morgan fingerprint density at radius 3 is 2.29 bits per heavy atom. The predicted octanol–water partition coefficient (Wildman–Crippen LogP) is 13.1. The van der Waals surface area contributed by atoms with E-state index in [2.05, 4.69) is 101 Å². The van der Waals surface area contributed by atoms with E-state index in [0.717, 1.165) is 69.2 Å². The third kappa shape index (κ3) is 13.8. The summed E-state index contributed by atoms with van der Waals surface area (Å²) < 4.78 is 25.4. The number of rotatable bonds is 33. The normalized spacial score (nSPS) is 33.2. The number of nitrogens with zero attached hydrogens (tertiary/aromatic N) is 2. The second-order valence-corrected chi connectivity index (χ2v) is 23.5. The molecule has 0 amide bonds. The van der Waals surface area contributed by atoms with Crippen molar-refractivity contribution in [3.05, 3.63) is 36.0 Å². The van der Waals surface area contributed by atoms with Crippen LogP contribution in [0.5, 0.6) is 0 Å². The average Bonchev–Trinajstić information content (AvgIpc) is 3.53. The standard InChI is InChI=1S/C58H103N3O4/c1-9-10-11-12-13-14-15-16-17-18-19-20-21-22-23-24-38-63-46-52(45-61-37-32-50(44-61)60(7)8)65-42-40-62-39-41-64-51-29-33-55(5)49(43-51)28-35-57-54(55)31-34-56(6)53(30-36-58(56,57)59-57)48(4)27-25-26-47(2)3/h13-14,16-17,28,47-48,50-54,59H,9-12,15,18-27,29-46H2,1-8H3/b14-13-,17-16-/t48-,50?,51+,52?,53-,54-,55+,56-,57+,58+/m1/s1. The molecule has 10 atom stereocenters. The first kappa shape index (κ1) is 53.3. The molecule has 65 heavy (non-hydrogen) atoms. The van der Waals surface area contributed by atoms with Gasteiger partial charge in [-0.1, -0.05) is 135 Å². The summed E-state index contributed by atoms with van der Waals surface area (Å²) >= 11 is 0. The van der Waals surface area contributed by atoms with Crippen LogP contribution in [0.2, 0.25) is 0 Å². The number of likely N-dealkylation sites (tertiary alicyclic amines) is 1. The quantitative estimate of drug-likeness (QED) is 0.0400. The topological polar surface area (TPSA) is 65.3 Å². The Hall–Kier alpha value is -1.06. The zero-order valence-corrected chi connectivity index (χ0v) is 43.8. The van der Waals surface area contributed by atoms with Crippen molar-refractivity contribution in [1.29, 1.82) is 0 Å². The number of ether oxygens (including phenoxy) is 4. The SMILES string of the molecule is CCCCC/C=C\C/C=C\CCCCCCCCOCC(CN1CCC(N(C)C)C1)OCCOCCO[C@H]1CC[C@@]2(C)C(=CC[C@@]34N[C@]35CC[C@H]([C@H](C)CCCC(C)C)[C@@]5(C)CC[C@H]24)C1. The first-order chi connectivity index (χ1) is 31.5. The second kappa shape index (κ2) is 26.2. The van der Waals surface area contributed by atoms with Crippen LogP contribution in [0.4, 0.5) is 0 Å². The molecule has 2 aliphatic heterocycles. The molecule has 0 radical (unpaired) electrons. The Morgan fingerprint density at radius 1 is 0.785 bits per heavy atom. The number of allylic oxidation sites excluding steroid dienone is 4. The maximum atomic E-state index is 6.55. The van der Waals surface area contributed by atoms with Crippen molar-refractivity contribution in [3.63, 3.8) is 0 Å². The van der Waals surface area contributed by atoms with E-state index in [1.807, 2.05) is 0 Å². The number of fused-ring (bicyclic) bond motifs is 2. The zero-order valence-electron chi connectivity index (χ0n) is 43.8. The Kier molecular flexibility index (Phi) is 21.5. The lowest BCUT2D eigenvalue weighted by Crippen LogP contribution is -2.56. The minimum Gasteiger partial charge on any atom is -0.379 e. The van der Waals surface area contributed by atoms with E-state index in [9.17, 15) is 0 Å². The van der Waals surface area contributed by atoms with Crippen LogP contribution in [0.15, 0.2) is 36.0 Å². The molecule has 2 spiro atoms. The van der Waals surface area contributed by atoms with Crippen LogP contribution in [-0.4, -0.2) is 112 Å². The first-order valence-electron chi connectivity index (χ1n) is 28.0. The second-order valence-electron chi connectivity index (χ2n) is 23.5. The molecule has 6 rings (SSSR count). The van der Waals surface area contributed by atoms with Crippen LogP contribution in [0, 0.1) is 34.5 Å². The van der Waals surface area contributed by atoms with Crippen molar-refractivity contribution in [1.82, 2.24) is 15.1 Å². The van der Waals surface area contributed by atoms with E-state index in [1.54, 1.807) is 5.57 Å². The monoisotopic (exact) mass is 906 g/mol. The third-order valence-corrected chi connectivity index (χ3v) is 18.4. The number of hydrogen-bond acceptors (Lipinski definition) is 7. The molecule has 2 saturated heterocycles. The van der Waals surface area contributed by atoms with Crippen molar-refractivity contribution >= 4 is 0 Å². The number of unbranched alkanes of at least 4 members (excludes halogenated alkanes) is 9. The molecule has 4 aliphatic carbocycles. The molecule has 374 valence electrons. The van der Waals surface area contributed by atoms with Gasteiger partial charge in [0.25, 0.3) is 0 Å². The van der Waals surface area contributed by atoms with Gasteiger partial charge in [0, 0.05) is 36.8 Å². The lowest BCUT2D eigenvalue weighted by atomic mass is 9.47. The minimum atomic E-state index is 0.0802. The van der Waals surface area contributed by atoms with E-state index < -0.39 is 0 Å². The highest BCUT2D eigenvalue weighted by Crippen LogP contribution is 2.77. The number of hydrogen-bond donors (Lipinski definition) is 1. The molecule has 0 aromatic carbocycles. The Balaban J connectivity index is 0.836. The summed E-state index contributed by atoms with van der Waals surface area (Å²) in [5, 5.41) is 4.40. The van der Waals surface area contributed by atoms with Crippen LogP contribution < -0.4 is 5.32 Å². The molecule has 1 N–H and O–H groups in total. The Labute approximate surface area is 401 Å². The molecule has 0 aromatic rings. The first-order valence-corrected chi connectivity index (χ1v) is 28.0. The molecule has 2 unspecified atom stereocenters. The summed E-state index contributed by atoms with van der Waals surface area (Å²) in [5.41, 5.74) is 3.19. The van der Waals surface area contributed by atoms with Gasteiger partial charge in [0.15, 0.2) is 0 Å². The van der Waals surface area contributed by atoms with Crippen LogP contribution in [0.3, 0.4) is 0 Å². The summed E-state index contributed by atoms with van der Waals surface area (Å²) in [5.74, 6) is 3.32. The largest absolute Gasteiger partial charge is 0.379 e. The third-order valence-electron chi connectivity index (χ3n) is 18.4. The van der Waals surface area contributed by atoms with E-state index in [4.69, 9.17) is 18.9 Å². The average molecular weight is 906 g/mol. The van der Waals surface area contributed by atoms with Crippen molar-refractivity contribution in [2.75, 3.05) is 73.4 Å². The van der Waals surface area contributed by atoms with Gasteiger partial charge < -0.3 is 29.2 Å². The van der Waals surface area contributed by atoms with E-state index in [0.29, 0.717) is 67.1 Å². The molecule has 0 bridgehead atoms. The highest BCUT2D eigenvalue weighted by atomic mass is 16.6. The molecule has 5 fully saturated rings. The van der Waals surface area contributed by atoms with Crippen molar-refractivity contribution < 1.29 is 18.9 Å². The van der Waals surface area contributed by atoms with Crippen molar-refractivity contribution in [3.8, 4) is 0 Å². The molecular formula is C58H103N3O4. The van der Waals surface area contributed by atoms with Crippen molar-refractivity contribution in [2.24, 2.45) is 34.5 Å². The fourth-order valence-electron chi connectivity index (χ4n) is 14.5. The minimum absolute atomic E-state index is 0.0802. The molecular weight excluding hydrogens is 803 g/mol. The van der Waals surface area contributed by atoms with Crippen LogP contribution in [0.25, 0.3) is 0 Å². The Morgan fingerprint density at radius 2 is 1.54 bits per heavy atom. The zero-order chi connectivity index (χ0) is 46.2. The maximum Gasteiger partial charge on any atom is 0.0936 e. The molecule has 3 saturated carbocycles. The smallest absolute Gasteiger partial charge is 0.0936 e. The van der Waals surface area contributed by atoms with E-state index in [-0.39, 0.29) is 6.10 Å². The summed E-state index contributed by atoms with van der Waals surface area (Å²) in [6, 6.07) is 0.631. The van der Waals surface area contributed by atoms with E-state index in [1.165, 1.54) is 135 Å². The van der Waals surface area contributed by atoms with Gasteiger partial charge in [-0.25, -0.2) is 0 Å². The summed E-state index contributed by atoms with van der Waals surface area (Å²) in [4.78, 5) is 4.93. The highest BCUT2D eigenvalue weighted by Gasteiger charge is 2.83. The maximum absolute atomic E-state index is 6.55. The van der Waals surface area contributed by atoms with Gasteiger partial charge in [-0.2, -0.15) is 0 Å². The van der Waals surface area contributed by atoms with Gasteiger partial charge >= 0.3 is 0 Å². The Bertz CT molecular complexity index is 1460. The van der Waals surface area contributed by atoms with E-state index >= 15 is 0 Å². The van der Waals surface area contributed by atoms with Gasteiger partial charge in [-0.05, 0) is 151 Å². The fraction of sp³-hybridized carbons (Fsp3) is 0.897. The fourth-order valence-corrected chi connectivity index (χ4v) is 14.5. The van der Waals surface area contributed by atoms with Crippen LogP contribution >= 0.6 is 0 Å². The molecule has 0 aromatic heterocycles.